The smallest absolute Gasteiger partial charge is 0.344 e. The quantitative estimate of drug-likeness (QED) is 0.181. The summed E-state index contributed by atoms with van der Waals surface area (Å²) in [7, 11) is 2.87. The number of aromatic nitrogens is 3. The monoisotopic (exact) mass is 580 g/mol. The van der Waals surface area contributed by atoms with Gasteiger partial charge in [0.1, 0.15) is 11.6 Å². The molecule has 214 valence electrons. The second-order valence-electron chi connectivity index (χ2n) is 8.30. The van der Waals surface area contributed by atoms with Gasteiger partial charge in [-0.3, -0.25) is 4.55 Å². The van der Waals surface area contributed by atoms with Gasteiger partial charge >= 0.3 is 5.97 Å². The predicted molar refractivity (Wildman–Crippen MR) is 151 cm³/mol. The summed E-state index contributed by atoms with van der Waals surface area (Å²) in [4.78, 5) is 25.2. The van der Waals surface area contributed by atoms with Crippen molar-refractivity contribution in [1.82, 2.24) is 15.0 Å². The van der Waals surface area contributed by atoms with Crippen molar-refractivity contribution in [3.05, 3.63) is 72.4 Å². The molecular formula is C28H28N4O8S. The van der Waals surface area contributed by atoms with Crippen LogP contribution < -0.4 is 23.3 Å². The number of rotatable bonds is 12. The molecule has 1 N–H and O–H groups in total. The molecule has 0 bridgehead atoms. The molecule has 0 saturated carbocycles. The lowest BCUT2D eigenvalue weighted by Crippen LogP contribution is -2.23. The fourth-order valence-corrected chi connectivity index (χ4v) is 4.18. The number of carbonyl (C=O) groups excluding carboxylic acids is 1. The minimum absolute atomic E-state index is 0.0312. The number of carbonyl (C=O) groups is 1. The van der Waals surface area contributed by atoms with Gasteiger partial charge in [0.2, 0.25) is 5.75 Å². The first-order chi connectivity index (χ1) is 19.8. The molecule has 2 aromatic heterocycles. The molecule has 13 heteroatoms. The van der Waals surface area contributed by atoms with E-state index in [1.54, 1.807) is 73.8 Å². The molecule has 0 saturated heterocycles. The molecule has 2 heterocycles. The zero-order chi connectivity index (χ0) is 29.4. The van der Waals surface area contributed by atoms with Crippen molar-refractivity contribution >= 4 is 28.9 Å². The minimum atomic E-state index is -2.64. The molecule has 4 aromatic rings. The van der Waals surface area contributed by atoms with E-state index in [0.29, 0.717) is 22.8 Å². The third-order valence-corrected chi connectivity index (χ3v) is 6.17. The van der Waals surface area contributed by atoms with Crippen molar-refractivity contribution in [1.29, 1.82) is 0 Å². The first kappa shape index (κ1) is 29.2. The molecule has 1 unspecified atom stereocenters. The first-order valence-corrected chi connectivity index (χ1v) is 13.4. The van der Waals surface area contributed by atoms with Crippen LogP contribution in [0.3, 0.4) is 0 Å². The highest BCUT2D eigenvalue weighted by atomic mass is 32.2. The number of hydrogen-bond acceptors (Lipinski definition) is 10. The van der Waals surface area contributed by atoms with Gasteiger partial charge in [-0.2, -0.15) is 9.29 Å². The molecule has 1 atom stereocenters. The van der Waals surface area contributed by atoms with E-state index in [1.165, 1.54) is 14.2 Å². The predicted octanol–water partition coefficient (Wildman–Crippen LogP) is 4.87. The third-order valence-electron chi connectivity index (χ3n) is 5.50. The zero-order valence-corrected chi connectivity index (χ0v) is 23.6. The lowest BCUT2D eigenvalue weighted by atomic mass is 10.2. The van der Waals surface area contributed by atoms with E-state index in [2.05, 4.69) is 15.0 Å². The fourth-order valence-electron chi connectivity index (χ4n) is 3.64. The molecule has 0 aliphatic carbocycles. The lowest BCUT2D eigenvalue weighted by molar-refractivity contribution is -0.145. The average molecular weight is 581 g/mol. The Kier molecular flexibility index (Phi) is 9.66. The van der Waals surface area contributed by atoms with Crippen molar-refractivity contribution < 1.29 is 37.2 Å². The van der Waals surface area contributed by atoms with E-state index in [-0.39, 0.29) is 42.3 Å². The van der Waals surface area contributed by atoms with E-state index in [4.69, 9.17) is 23.7 Å². The summed E-state index contributed by atoms with van der Waals surface area (Å²) < 4.78 is 51.8. The summed E-state index contributed by atoms with van der Waals surface area (Å²) >= 11 is -2.64. The zero-order valence-electron chi connectivity index (χ0n) is 22.8. The van der Waals surface area contributed by atoms with Gasteiger partial charge in [0, 0.05) is 11.8 Å². The summed E-state index contributed by atoms with van der Waals surface area (Å²) in [5.74, 6) is 0.596. The summed E-state index contributed by atoms with van der Waals surface area (Å²) in [6, 6.07) is 16.9. The molecule has 0 aliphatic heterocycles. The average Bonchev–Trinajstić information content (AvgIpc) is 2.98. The molecule has 0 fully saturated rings. The van der Waals surface area contributed by atoms with E-state index in [1.807, 2.05) is 6.92 Å². The number of methoxy groups -OCH3 is 2. The number of para-hydroxylation sites is 2. The van der Waals surface area contributed by atoms with Gasteiger partial charge in [-0.25, -0.2) is 19.0 Å². The molecule has 12 nitrogen and oxygen atoms in total. The van der Waals surface area contributed by atoms with Crippen molar-refractivity contribution in [2.75, 3.05) is 31.7 Å². The van der Waals surface area contributed by atoms with Crippen LogP contribution in [0.15, 0.2) is 66.9 Å². The van der Waals surface area contributed by atoms with E-state index >= 15 is 0 Å². The number of hydrogen-bond donors (Lipinski definition) is 1. The summed E-state index contributed by atoms with van der Waals surface area (Å²) in [6.45, 7) is 3.50. The van der Waals surface area contributed by atoms with Crippen LogP contribution in [0.5, 0.6) is 28.9 Å². The largest absolute Gasteiger partial charge is 0.493 e. The number of nitrogens with zero attached hydrogens (tertiary/aromatic N) is 4. The Morgan fingerprint density at radius 3 is 2.44 bits per heavy atom. The maximum Gasteiger partial charge on any atom is 0.344 e. The molecule has 0 aliphatic rings. The van der Waals surface area contributed by atoms with Gasteiger partial charge in [0.25, 0.3) is 17.1 Å². The topological polar surface area (TPSA) is 142 Å². The Bertz CT molecular complexity index is 1530. The van der Waals surface area contributed by atoms with E-state index in [9.17, 15) is 13.6 Å². The van der Waals surface area contributed by atoms with Crippen molar-refractivity contribution in [3.63, 3.8) is 0 Å². The van der Waals surface area contributed by atoms with Crippen LogP contribution in [-0.4, -0.2) is 57.1 Å². The SMILES string of the molecule is CCOC(=O)COc1cccc(-c2nc(OC)c(Oc3ccccc3OC)c(N(c3ccc(C)cn3)S(=O)O)n2)c1. The summed E-state index contributed by atoms with van der Waals surface area (Å²) in [5.41, 5.74) is 1.32. The van der Waals surface area contributed by atoms with Gasteiger partial charge in [-0.15, -0.1) is 0 Å². The molecule has 41 heavy (non-hydrogen) atoms. The Morgan fingerprint density at radius 1 is 1.00 bits per heavy atom. The maximum atomic E-state index is 12.8. The molecular weight excluding hydrogens is 552 g/mol. The highest BCUT2D eigenvalue weighted by Gasteiger charge is 2.29. The molecule has 0 radical (unpaired) electrons. The van der Waals surface area contributed by atoms with Gasteiger partial charge in [-0.1, -0.05) is 30.3 Å². The Labute approximate surface area is 239 Å². The lowest BCUT2D eigenvalue weighted by Gasteiger charge is -2.23. The molecule has 0 spiro atoms. The summed E-state index contributed by atoms with van der Waals surface area (Å²) in [5, 5.41) is 0. The fraction of sp³-hybridized carbons (Fsp3) is 0.214. The Balaban J connectivity index is 1.87. The highest BCUT2D eigenvalue weighted by molar-refractivity contribution is 7.81. The number of ether oxygens (including phenoxy) is 5. The Hall–Kier alpha value is -4.75. The first-order valence-electron chi connectivity index (χ1n) is 12.3. The summed E-state index contributed by atoms with van der Waals surface area (Å²) in [6.07, 6.45) is 1.56. The number of pyridine rings is 1. The number of aryl methyl sites for hydroxylation is 1. The van der Waals surface area contributed by atoms with Crippen LogP contribution in [0.4, 0.5) is 11.6 Å². The number of anilines is 2. The van der Waals surface area contributed by atoms with Gasteiger partial charge in [0.15, 0.2) is 29.7 Å². The molecule has 0 amide bonds. The van der Waals surface area contributed by atoms with Crippen LogP contribution in [0.2, 0.25) is 0 Å². The third kappa shape index (κ3) is 7.07. The Morgan fingerprint density at radius 2 is 1.78 bits per heavy atom. The van der Waals surface area contributed by atoms with Crippen LogP contribution in [0, 0.1) is 6.92 Å². The number of benzene rings is 2. The van der Waals surface area contributed by atoms with Crippen LogP contribution in [0.25, 0.3) is 11.4 Å². The van der Waals surface area contributed by atoms with Crippen molar-refractivity contribution in [2.45, 2.75) is 13.8 Å². The van der Waals surface area contributed by atoms with Crippen LogP contribution >= 0.6 is 0 Å². The maximum absolute atomic E-state index is 12.8. The van der Waals surface area contributed by atoms with E-state index < -0.39 is 17.2 Å². The van der Waals surface area contributed by atoms with Gasteiger partial charge < -0.3 is 23.7 Å². The van der Waals surface area contributed by atoms with Crippen LogP contribution in [0.1, 0.15) is 12.5 Å². The standard InChI is InChI=1S/C28H28N4O8S/c1-5-38-24(33)17-39-20-10-8-9-19(15-20)26-30-27(32(41(34)35)23-14-13-18(2)16-29-23)25(28(31-26)37-4)40-22-12-7-6-11-21(22)36-3/h6-16H,5,17H2,1-4H3,(H,34,35). The van der Waals surface area contributed by atoms with Crippen LogP contribution in [-0.2, 0) is 20.8 Å². The highest BCUT2D eigenvalue weighted by Crippen LogP contribution is 2.44. The normalized spacial score (nSPS) is 11.3. The van der Waals surface area contributed by atoms with Crippen molar-refractivity contribution in [2.24, 2.45) is 0 Å². The molecule has 2 aromatic carbocycles. The minimum Gasteiger partial charge on any atom is -0.493 e. The molecule has 4 rings (SSSR count). The number of esters is 1. The van der Waals surface area contributed by atoms with Gasteiger partial charge in [0.05, 0.1) is 20.8 Å². The van der Waals surface area contributed by atoms with Crippen molar-refractivity contribution in [3.8, 4) is 40.3 Å². The van der Waals surface area contributed by atoms with E-state index in [0.717, 1.165) is 9.87 Å². The second-order valence-corrected chi connectivity index (χ2v) is 9.13. The van der Waals surface area contributed by atoms with Gasteiger partial charge in [-0.05, 0) is 49.7 Å². The second kappa shape index (κ2) is 13.5.